The molecule has 0 saturated heterocycles. The molecule has 1 aromatic rings. The lowest BCUT2D eigenvalue weighted by atomic mass is 10.3. The number of halogens is 2. The summed E-state index contributed by atoms with van der Waals surface area (Å²) in [7, 11) is -2.48. The lowest BCUT2D eigenvalue weighted by Gasteiger charge is -2.08. The summed E-state index contributed by atoms with van der Waals surface area (Å²) in [5.74, 6) is 0.150. The molecule has 1 rings (SSSR count). The normalized spacial score (nSPS) is 11.4. The van der Waals surface area contributed by atoms with Gasteiger partial charge in [0.1, 0.15) is 4.90 Å². The average molecular weight is 301 g/mol. The molecular formula is C7H7BrClNO3S. The van der Waals surface area contributed by atoms with Crippen LogP contribution in [0.2, 0.25) is 5.02 Å². The van der Waals surface area contributed by atoms with Crippen LogP contribution in [0.4, 0.5) is 0 Å². The van der Waals surface area contributed by atoms with Crippen molar-refractivity contribution < 1.29 is 13.2 Å². The maximum Gasteiger partial charge on any atom is 0.241 e. The molecule has 0 aromatic heterocycles. The van der Waals surface area contributed by atoms with Gasteiger partial charge in [0.05, 0.1) is 11.6 Å². The maximum atomic E-state index is 11.1. The molecule has 0 unspecified atom stereocenters. The zero-order valence-corrected chi connectivity index (χ0v) is 10.3. The SMILES string of the molecule is COc1c(Br)cc(Cl)cc1S(N)(=O)=O. The second-order valence-corrected chi connectivity index (χ2v) is 5.28. The van der Waals surface area contributed by atoms with E-state index >= 15 is 0 Å². The number of ether oxygens (including phenoxy) is 1. The van der Waals surface area contributed by atoms with E-state index < -0.39 is 10.0 Å². The number of sulfonamides is 1. The summed E-state index contributed by atoms with van der Waals surface area (Å²) in [5, 5.41) is 5.25. The summed E-state index contributed by atoms with van der Waals surface area (Å²) < 4.78 is 27.6. The van der Waals surface area contributed by atoms with E-state index in [0.717, 1.165) is 0 Å². The molecule has 2 N–H and O–H groups in total. The van der Waals surface area contributed by atoms with Crippen molar-refractivity contribution in [2.24, 2.45) is 5.14 Å². The molecule has 0 atom stereocenters. The number of rotatable bonds is 2. The molecule has 0 aliphatic rings. The summed E-state index contributed by atoms with van der Waals surface area (Å²) in [6.07, 6.45) is 0. The first-order chi connectivity index (χ1) is 6.36. The highest BCUT2D eigenvalue weighted by molar-refractivity contribution is 9.10. The molecule has 0 heterocycles. The van der Waals surface area contributed by atoms with Crippen LogP contribution in [0.25, 0.3) is 0 Å². The van der Waals surface area contributed by atoms with E-state index in [9.17, 15) is 8.42 Å². The van der Waals surface area contributed by atoms with Gasteiger partial charge in [0.25, 0.3) is 0 Å². The fourth-order valence-corrected chi connectivity index (χ4v) is 2.86. The van der Waals surface area contributed by atoms with Crippen LogP contribution >= 0.6 is 27.5 Å². The summed E-state index contributed by atoms with van der Waals surface area (Å²) >= 11 is 8.80. The largest absolute Gasteiger partial charge is 0.494 e. The van der Waals surface area contributed by atoms with E-state index in [1.54, 1.807) is 0 Å². The highest BCUT2D eigenvalue weighted by Gasteiger charge is 2.18. The van der Waals surface area contributed by atoms with Gasteiger partial charge in [0, 0.05) is 5.02 Å². The van der Waals surface area contributed by atoms with Crippen molar-refractivity contribution in [3.8, 4) is 5.75 Å². The Hall–Kier alpha value is -0.300. The van der Waals surface area contributed by atoms with Crippen molar-refractivity contribution in [1.82, 2.24) is 0 Å². The Kier molecular flexibility index (Phi) is 3.41. The fraction of sp³-hybridized carbons (Fsp3) is 0.143. The molecule has 78 valence electrons. The van der Waals surface area contributed by atoms with Crippen molar-refractivity contribution in [3.05, 3.63) is 21.6 Å². The Bertz CT molecular complexity index is 460. The van der Waals surface area contributed by atoms with Gasteiger partial charge in [-0.15, -0.1) is 0 Å². The quantitative estimate of drug-likeness (QED) is 0.905. The molecule has 0 aliphatic heterocycles. The predicted octanol–water partition coefficient (Wildman–Crippen LogP) is 1.76. The van der Waals surface area contributed by atoms with Gasteiger partial charge in [-0.2, -0.15) is 0 Å². The van der Waals surface area contributed by atoms with Crippen LogP contribution in [0.15, 0.2) is 21.5 Å². The van der Waals surface area contributed by atoms with E-state index in [1.165, 1.54) is 19.2 Å². The molecule has 0 saturated carbocycles. The fourth-order valence-electron chi connectivity index (χ4n) is 0.946. The molecule has 0 amide bonds. The summed E-state index contributed by atoms with van der Waals surface area (Å²) in [5.41, 5.74) is 0. The lowest BCUT2D eigenvalue weighted by Crippen LogP contribution is -2.13. The summed E-state index contributed by atoms with van der Waals surface area (Å²) in [6, 6.07) is 2.76. The second-order valence-electron chi connectivity index (χ2n) is 2.46. The number of methoxy groups -OCH3 is 1. The highest BCUT2D eigenvalue weighted by atomic mass is 79.9. The molecule has 14 heavy (non-hydrogen) atoms. The average Bonchev–Trinajstić information content (AvgIpc) is 2.01. The lowest BCUT2D eigenvalue weighted by molar-refractivity contribution is 0.400. The molecule has 0 aliphatic carbocycles. The van der Waals surface area contributed by atoms with Gasteiger partial charge in [-0.25, -0.2) is 13.6 Å². The molecule has 1 aromatic carbocycles. The Morgan fingerprint density at radius 2 is 2.07 bits per heavy atom. The Labute approximate surface area is 95.2 Å². The summed E-state index contributed by atoms with van der Waals surface area (Å²) in [4.78, 5) is -0.139. The van der Waals surface area contributed by atoms with Gasteiger partial charge in [-0.05, 0) is 28.1 Å². The molecular weight excluding hydrogens is 294 g/mol. The first-order valence-corrected chi connectivity index (χ1v) is 6.14. The van der Waals surface area contributed by atoms with Crippen LogP contribution in [0.3, 0.4) is 0 Å². The zero-order valence-electron chi connectivity index (χ0n) is 7.12. The zero-order chi connectivity index (χ0) is 10.9. The third-order valence-corrected chi connectivity index (χ3v) is 3.21. The van der Waals surface area contributed by atoms with E-state index in [0.29, 0.717) is 4.47 Å². The Balaban J connectivity index is 3.56. The minimum Gasteiger partial charge on any atom is -0.494 e. The number of hydrogen-bond acceptors (Lipinski definition) is 3. The van der Waals surface area contributed by atoms with Gasteiger partial charge in [0.15, 0.2) is 5.75 Å². The number of benzene rings is 1. The Morgan fingerprint density at radius 1 is 1.50 bits per heavy atom. The van der Waals surface area contributed by atoms with E-state index in [1.807, 2.05) is 0 Å². The van der Waals surface area contributed by atoms with Gasteiger partial charge in [-0.1, -0.05) is 11.6 Å². The van der Waals surface area contributed by atoms with Gasteiger partial charge in [0.2, 0.25) is 10.0 Å². The molecule has 4 nitrogen and oxygen atoms in total. The topological polar surface area (TPSA) is 69.4 Å². The standard InChI is InChI=1S/C7H7BrClNO3S/c1-13-7-5(8)2-4(9)3-6(7)14(10,11)12/h2-3H,1H3,(H2,10,11,12). The first kappa shape index (κ1) is 11.8. The number of nitrogens with two attached hydrogens (primary N) is 1. The number of primary sulfonamides is 1. The van der Waals surface area contributed by atoms with E-state index in [4.69, 9.17) is 21.5 Å². The third kappa shape index (κ3) is 2.38. The van der Waals surface area contributed by atoms with Crippen molar-refractivity contribution in [2.75, 3.05) is 7.11 Å². The predicted molar refractivity (Wildman–Crippen MR) is 57.1 cm³/mol. The van der Waals surface area contributed by atoms with Crippen LogP contribution < -0.4 is 9.88 Å². The summed E-state index contributed by atoms with van der Waals surface area (Å²) in [6.45, 7) is 0. The second kappa shape index (κ2) is 4.06. The number of hydrogen-bond donors (Lipinski definition) is 1. The molecule has 0 radical (unpaired) electrons. The third-order valence-electron chi connectivity index (χ3n) is 1.48. The van der Waals surface area contributed by atoms with Crippen LogP contribution in [0.5, 0.6) is 5.75 Å². The van der Waals surface area contributed by atoms with Gasteiger partial charge >= 0.3 is 0 Å². The van der Waals surface area contributed by atoms with Crippen LogP contribution in [0.1, 0.15) is 0 Å². The van der Waals surface area contributed by atoms with Crippen LogP contribution in [0, 0.1) is 0 Å². The minimum absolute atomic E-state index is 0.139. The van der Waals surface area contributed by atoms with Crippen molar-refractivity contribution in [1.29, 1.82) is 0 Å². The van der Waals surface area contributed by atoms with Crippen LogP contribution in [-0.4, -0.2) is 15.5 Å². The highest BCUT2D eigenvalue weighted by Crippen LogP contribution is 2.34. The van der Waals surface area contributed by atoms with Crippen LogP contribution in [-0.2, 0) is 10.0 Å². The molecule has 0 spiro atoms. The van der Waals surface area contributed by atoms with E-state index in [2.05, 4.69) is 15.9 Å². The van der Waals surface area contributed by atoms with E-state index in [-0.39, 0.29) is 15.7 Å². The minimum atomic E-state index is -3.83. The molecule has 7 heteroatoms. The molecule has 0 bridgehead atoms. The molecule has 0 fully saturated rings. The smallest absolute Gasteiger partial charge is 0.241 e. The Morgan fingerprint density at radius 3 is 2.50 bits per heavy atom. The van der Waals surface area contributed by atoms with Crippen molar-refractivity contribution >= 4 is 37.6 Å². The first-order valence-electron chi connectivity index (χ1n) is 3.42. The monoisotopic (exact) mass is 299 g/mol. The van der Waals surface area contributed by atoms with Crippen molar-refractivity contribution in [3.63, 3.8) is 0 Å². The maximum absolute atomic E-state index is 11.1. The van der Waals surface area contributed by atoms with Gasteiger partial charge < -0.3 is 4.74 Å². The van der Waals surface area contributed by atoms with Gasteiger partial charge in [-0.3, -0.25) is 0 Å². The van der Waals surface area contributed by atoms with Crippen molar-refractivity contribution in [2.45, 2.75) is 4.90 Å².